The molecule has 1 aromatic rings. The van der Waals surface area contributed by atoms with Gasteiger partial charge in [0.1, 0.15) is 5.75 Å². The molecule has 17 heavy (non-hydrogen) atoms. The number of para-hydroxylation sites is 1. The molecule has 0 heterocycles. The minimum atomic E-state index is -0.219. The Morgan fingerprint density at radius 3 is 2.88 bits per heavy atom. The summed E-state index contributed by atoms with van der Waals surface area (Å²) in [6, 6.07) is 7.31. The number of amides is 2. The standard InChI is InChI=1S/C13H18N2O2/c1-4-10(2)15-13(16)14-9-11-7-5-6-8-12(11)17-3/h4-8,10H,1,9H2,2-3H3,(H2,14,15,16)/t10-/m1/s1. The fraction of sp³-hybridized carbons (Fsp3) is 0.308. The monoisotopic (exact) mass is 234 g/mol. The van der Waals surface area contributed by atoms with Crippen LogP contribution in [0, 0.1) is 0 Å². The maximum atomic E-state index is 11.5. The van der Waals surface area contributed by atoms with Crippen molar-refractivity contribution in [2.75, 3.05) is 7.11 Å². The zero-order valence-corrected chi connectivity index (χ0v) is 10.2. The van der Waals surface area contributed by atoms with Crippen molar-refractivity contribution in [1.82, 2.24) is 10.6 Å². The van der Waals surface area contributed by atoms with Crippen molar-refractivity contribution in [3.05, 3.63) is 42.5 Å². The van der Waals surface area contributed by atoms with E-state index in [1.807, 2.05) is 31.2 Å². The van der Waals surface area contributed by atoms with Crippen molar-refractivity contribution >= 4 is 6.03 Å². The van der Waals surface area contributed by atoms with Crippen LogP contribution in [-0.2, 0) is 6.54 Å². The van der Waals surface area contributed by atoms with Gasteiger partial charge in [0.25, 0.3) is 0 Å². The van der Waals surface area contributed by atoms with Gasteiger partial charge >= 0.3 is 6.03 Å². The molecule has 1 atom stereocenters. The molecular formula is C13H18N2O2. The molecule has 0 saturated carbocycles. The Balaban J connectivity index is 2.49. The Labute approximate surface area is 102 Å². The molecule has 0 radical (unpaired) electrons. The second-order valence-corrected chi connectivity index (χ2v) is 3.66. The highest BCUT2D eigenvalue weighted by Gasteiger charge is 2.05. The third-order valence-corrected chi connectivity index (χ3v) is 2.34. The van der Waals surface area contributed by atoms with Gasteiger partial charge in [-0.25, -0.2) is 4.79 Å². The Kier molecular flexibility index (Phi) is 5.07. The smallest absolute Gasteiger partial charge is 0.315 e. The molecule has 0 aromatic heterocycles. The molecule has 0 aliphatic carbocycles. The fourth-order valence-electron chi connectivity index (χ4n) is 1.34. The van der Waals surface area contributed by atoms with Crippen molar-refractivity contribution in [3.63, 3.8) is 0 Å². The second kappa shape index (κ2) is 6.58. The molecule has 0 spiro atoms. The van der Waals surface area contributed by atoms with Crippen LogP contribution in [0.15, 0.2) is 36.9 Å². The third kappa shape index (κ3) is 4.18. The molecular weight excluding hydrogens is 216 g/mol. The van der Waals surface area contributed by atoms with E-state index in [0.29, 0.717) is 6.54 Å². The van der Waals surface area contributed by atoms with Crippen molar-refractivity contribution in [3.8, 4) is 5.75 Å². The van der Waals surface area contributed by atoms with Gasteiger partial charge in [0.05, 0.1) is 7.11 Å². The zero-order chi connectivity index (χ0) is 12.7. The lowest BCUT2D eigenvalue weighted by Crippen LogP contribution is -2.39. The van der Waals surface area contributed by atoms with E-state index in [-0.39, 0.29) is 12.1 Å². The van der Waals surface area contributed by atoms with Gasteiger partial charge < -0.3 is 15.4 Å². The highest BCUT2D eigenvalue weighted by atomic mass is 16.5. The molecule has 92 valence electrons. The average molecular weight is 234 g/mol. The summed E-state index contributed by atoms with van der Waals surface area (Å²) in [4.78, 5) is 11.5. The number of carbonyl (C=O) groups is 1. The number of methoxy groups -OCH3 is 1. The molecule has 0 aliphatic rings. The summed E-state index contributed by atoms with van der Waals surface area (Å²) in [7, 11) is 1.61. The van der Waals surface area contributed by atoms with Crippen LogP contribution in [0.4, 0.5) is 4.79 Å². The predicted octanol–water partition coefficient (Wildman–Crippen LogP) is 2.07. The molecule has 0 aliphatic heterocycles. The van der Waals surface area contributed by atoms with E-state index >= 15 is 0 Å². The van der Waals surface area contributed by atoms with Gasteiger partial charge in [-0.2, -0.15) is 0 Å². The first-order valence-electron chi connectivity index (χ1n) is 5.46. The van der Waals surface area contributed by atoms with Gasteiger partial charge in [-0.15, -0.1) is 6.58 Å². The van der Waals surface area contributed by atoms with Gasteiger partial charge in [0, 0.05) is 18.2 Å². The molecule has 4 nitrogen and oxygen atoms in total. The maximum absolute atomic E-state index is 11.5. The summed E-state index contributed by atoms with van der Waals surface area (Å²) in [5, 5.41) is 5.49. The number of hydrogen-bond acceptors (Lipinski definition) is 2. The molecule has 2 amide bonds. The Bertz CT molecular complexity index is 391. The van der Waals surface area contributed by atoms with Crippen LogP contribution < -0.4 is 15.4 Å². The van der Waals surface area contributed by atoms with Gasteiger partial charge in [-0.3, -0.25) is 0 Å². The summed E-state index contributed by atoms with van der Waals surface area (Å²) in [6.07, 6.45) is 1.67. The lowest BCUT2D eigenvalue weighted by molar-refractivity contribution is 0.239. The van der Waals surface area contributed by atoms with Crippen LogP contribution in [0.3, 0.4) is 0 Å². The van der Waals surface area contributed by atoms with Crippen LogP contribution in [0.25, 0.3) is 0 Å². The number of urea groups is 1. The van der Waals surface area contributed by atoms with Gasteiger partial charge in [0.2, 0.25) is 0 Å². The fourth-order valence-corrected chi connectivity index (χ4v) is 1.34. The molecule has 0 unspecified atom stereocenters. The van der Waals surface area contributed by atoms with Crippen LogP contribution in [-0.4, -0.2) is 19.2 Å². The largest absolute Gasteiger partial charge is 0.496 e. The Morgan fingerprint density at radius 1 is 1.53 bits per heavy atom. The Morgan fingerprint density at radius 2 is 2.24 bits per heavy atom. The molecule has 0 saturated heterocycles. The van der Waals surface area contributed by atoms with Crippen molar-refractivity contribution < 1.29 is 9.53 Å². The molecule has 1 aromatic carbocycles. The second-order valence-electron chi connectivity index (χ2n) is 3.66. The van der Waals surface area contributed by atoms with Crippen LogP contribution in [0.1, 0.15) is 12.5 Å². The highest BCUT2D eigenvalue weighted by Crippen LogP contribution is 2.16. The summed E-state index contributed by atoms with van der Waals surface area (Å²) >= 11 is 0. The Hall–Kier alpha value is -1.97. The first kappa shape index (κ1) is 13.1. The van der Waals surface area contributed by atoms with E-state index < -0.39 is 0 Å². The summed E-state index contributed by atoms with van der Waals surface area (Å²) in [5.74, 6) is 0.768. The minimum absolute atomic E-state index is 0.0485. The number of ether oxygens (including phenoxy) is 1. The average Bonchev–Trinajstić information content (AvgIpc) is 2.36. The van der Waals surface area contributed by atoms with Crippen molar-refractivity contribution in [2.24, 2.45) is 0 Å². The molecule has 0 bridgehead atoms. The van der Waals surface area contributed by atoms with Crippen molar-refractivity contribution in [1.29, 1.82) is 0 Å². The van der Waals surface area contributed by atoms with Crippen LogP contribution in [0.2, 0.25) is 0 Å². The van der Waals surface area contributed by atoms with Crippen LogP contribution >= 0.6 is 0 Å². The van der Waals surface area contributed by atoms with E-state index in [1.165, 1.54) is 0 Å². The number of nitrogens with one attached hydrogen (secondary N) is 2. The van der Waals surface area contributed by atoms with E-state index in [4.69, 9.17) is 4.74 Å². The number of benzene rings is 1. The molecule has 0 fully saturated rings. The normalized spacial score (nSPS) is 11.4. The molecule has 2 N–H and O–H groups in total. The van der Waals surface area contributed by atoms with Gasteiger partial charge in [0.15, 0.2) is 0 Å². The van der Waals surface area contributed by atoms with Gasteiger partial charge in [-0.1, -0.05) is 24.3 Å². The summed E-state index contributed by atoms with van der Waals surface area (Å²) in [5.41, 5.74) is 0.941. The SMILES string of the molecule is C=C[C@@H](C)NC(=O)NCc1ccccc1OC. The lowest BCUT2D eigenvalue weighted by atomic mass is 10.2. The predicted molar refractivity (Wildman–Crippen MR) is 68.0 cm³/mol. The highest BCUT2D eigenvalue weighted by molar-refractivity contribution is 5.74. The van der Waals surface area contributed by atoms with E-state index in [2.05, 4.69) is 17.2 Å². The topological polar surface area (TPSA) is 50.4 Å². The first-order valence-corrected chi connectivity index (χ1v) is 5.46. The van der Waals surface area contributed by atoms with E-state index in [9.17, 15) is 4.79 Å². The third-order valence-electron chi connectivity index (χ3n) is 2.34. The lowest BCUT2D eigenvalue weighted by Gasteiger charge is -2.12. The van der Waals surface area contributed by atoms with Crippen molar-refractivity contribution in [2.45, 2.75) is 19.5 Å². The van der Waals surface area contributed by atoms with E-state index in [0.717, 1.165) is 11.3 Å². The van der Waals surface area contributed by atoms with Gasteiger partial charge in [-0.05, 0) is 13.0 Å². The summed E-state index contributed by atoms with van der Waals surface area (Å²) < 4.78 is 5.19. The number of carbonyl (C=O) groups excluding carboxylic acids is 1. The minimum Gasteiger partial charge on any atom is -0.496 e. The maximum Gasteiger partial charge on any atom is 0.315 e. The quantitative estimate of drug-likeness (QED) is 0.766. The first-order chi connectivity index (χ1) is 8.17. The zero-order valence-electron chi connectivity index (χ0n) is 10.2. The molecule has 4 heteroatoms. The summed E-state index contributed by atoms with van der Waals surface area (Å²) in [6.45, 7) is 5.88. The molecule has 1 rings (SSSR count). The number of rotatable bonds is 5. The van der Waals surface area contributed by atoms with E-state index in [1.54, 1.807) is 13.2 Å². The van der Waals surface area contributed by atoms with Crippen LogP contribution in [0.5, 0.6) is 5.75 Å². The number of hydrogen-bond donors (Lipinski definition) is 2.